The Morgan fingerprint density at radius 3 is 2.81 bits per heavy atom. The molecule has 6 nitrogen and oxygen atoms in total. The first-order valence-corrected chi connectivity index (χ1v) is 8.31. The smallest absolute Gasteiger partial charge is 0.202 e. The second-order valence-electron chi connectivity index (χ2n) is 6.35. The highest BCUT2D eigenvalue weighted by Gasteiger charge is 2.25. The molecule has 1 saturated heterocycles. The fourth-order valence-electron chi connectivity index (χ4n) is 2.34. The maximum Gasteiger partial charge on any atom is 0.202 e. The predicted molar refractivity (Wildman–Crippen MR) is 84.8 cm³/mol. The van der Waals surface area contributed by atoms with Crippen LogP contribution in [0.2, 0.25) is 0 Å². The van der Waals surface area contributed by atoms with Crippen LogP contribution < -0.4 is 5.32 Å². The number of hydrogen-bond acceptors (Lipinski definition) is 7. The van der Waals surface area contributed by atoms with Crippen LogP contribution in [-0.2, 0) is 11.2 Å². The van der Waals surface area contributed by atoms with E-state index >= 15 is 0 Å². The number of anilines is 1. The molecule has 2 heterocycles. The number of rotatable bonds is 7. The third-order valence-electron chi connectivity index (χ3n) is 3.35. The Hall–Kier alpha value is -0.760. The Labute approximate surface area is 130 Å². The number of aromatic nitrogens is 2. The summed E-state index contributed by atoms with van der Waals surface area (Å²) in [7, 11) is 0. The summed E-state index contributed by atoms with van der Waals surface area (Å²) in [5.74, 6) is 1.43. The lowest BCUT2D eigenvalue weighted by molar-refractivity contribution is -0.0163. The van der Waals surface area contributed by atoms with Crippen LogP contribution >= 0.6 is 11.5 Å². The van der Waals surface area contributed by atoms with Crippen molar-refractivity contribution >= 4 is 16.7 Å². The number of β-amino-alcohol motifs (C(OH)–C–C–N with tert-alkyl or cyclic N) is 1. The zero-order valence-electron chi connectivity index (χ0n) is 13.1. The van der Waals surface area contributed by atoms with E-state index in [0.29, 0.717) is 19.0 Å². The normalized spacial score (nSPS) is 19.7. The van der Waals surface area contributed by atoms with Gasteiger partial charge in [-0.05, 0) is 12.8 Å². The van der Waals surface area contributed by atoms with Gasteiger partial charge in [-0.15, -0.1) is 0 Å². The van der Waals surface area contributed by atoms with E-state index in [-0.39, 0.29) is 0 Å². The molecule has 0 aromatic carbocycles. The first-order valence-electron chi connectivity index (χ1n) is 7.53. The van der Waals surface area contributed by atoms with Crippen molar-refractivity contribution in [3.8, 4) is 0 Å². The molecule has 0 aliphatic carbocycles. The molecule has 120 valence electrons. The van der Waals surface area contributed by atoms with Gasteiger partial charge in [-0.25, -0.2) is 4.98 Å². The van der Waals surface area contributed by atoms with Crippen LogP contribution in [0.1, 0.15) is 26.6 Å². The lowest BCUT2D eigenvalue weighted by Gasteiger charge is -2.33. The van der Waals surface area contributed by atoms with E-state index in [1.54, 1.807) is 0 Å². The first kappa shape index (κ1) is 16.6. The molecule has 1 aromatic heterocycles. The van der Waals surface area contributed by atoms with Crippen LogP contribution in [0.15, 0.2) is 0 Å². The third-order valence-corrected chi connectivity index (χ3v) is 4.06. The standard InChI is InChI=1S/C14H26N4O2S/c1-11(2)8-12-16-13(21-17-12)15-9-14(3,19)10-18-4-6-20-7-5-18/h11,19H,4-10H2,1-3H3,(H,15,16,17). The molecule has 0 spiro atoms. The molecule has 1 unspecified atom stereocenters. The summed E-state index contributed by atoms with van der Waals surface area (Å²) in [6.07, 6.45) is 0.891. The van der Waals surface area contributed by atoms with Crippen LogP contribution in [0.25, 0.3) is 0 Å². The molecule has 1 aliphatic heterocycles. The predicted octanol–water partition coefficient (Wildman–Crippen LogP) is 1.23. The quantitative estimate of drug-likeness (QED) is 0.789. The van der Waals surface area contributed by atoms with Crippen molar-refractivity contribution < 1.29 is 9.84 Å². The molecule has 1 aromatic rings. The van der Waals surface area contributed by atoms with Crippen molar-refractivity contribution in [2.75, 3.05) is 44.7 Å². The van der Waals surface area contributed by atoms with Crippen LogP contribution in [0.3, 0.4) is 0 Å². The highest BCUT2D eigenvalue weighted by molar-refractivity contribution is 7.09. The molecule has 2 N–H and O–H groups in total. The molecule has 1 atom stereocenters. The Morgan fingerprint density at radius 1 is 1.43 bits per heavy atom. The Morgan fingerprint density at radius 2 is 2.14 bits per heavy atom. The van der Waals surface area contributed by atoms with Crippen molar-refractivity contribution in [1.29, 1.82) is 0 Å². The number of ether oxygens (including phenoxy) is 1. The maximum absolute atomic E-state index is 10.5. The zero-order chi connectivity index (χ0) is 15.3. The molecular formula is C14H26N4O2S. The molecule has 1 aliphatic rings. The minimum absolute atomic E-state index is 0.473. The van der Waals surface area contributed by atoms with Gasteiger partial charge in [-0.1, -0.05) is 13.8 Å². The third kappa shape index (κ3) is 5.86. The molecule has 1 fully saturated rings. The lowest BCUT2D eigenvalue weighted by atomic mass is 10.1. The summed E-state index contributed by atoms with van der Waals surface area (Å²) >= 11 is 1.36. The van der Waals surface area contributed by atoms with Crippen LogP contribution in [0, 0.1) is 5.92 Å². The number of hydrogen-bond donors (Lipinski definition) is 2. The van der Waals surface area contributed by atoms with Gasteiger partial charge in [0.05, 0.1) is 18.8 Å². The molecule has 0 amide bonds. The van der Waals surface area contributed by atoms with Gasteiger partial charge in [0.25, 0.3) is 0 Å². The maximum atomic E-state index is 10.5. The van der Waals surface area contributed by atoms with E-state index < -0.39 is 5.60 Å². The van der Waals surface area contributed by atoms with Crippen molar-refractivity contribution in [2.45, 2.75) is 32.8 Å². The van der Waals surface area contributed by atoms with Gasteiger partial charge >= 0.3 is 0 Å². The number of morpholine rings is 1. The fraction of sp³-hybridized carbons (Fsp3) is 0.857. The number of nitrogens with zero attached hydrogens (tertiary/aromatic N) is 3. The van der Waals surface area contributed by atoms with Gasteiger partial charge in [-0.3, -0.25) is 4.90 Å². The highest BCUT2D eigenvalue weighted by Crippen LogP contribution is 2.16. The topological polar surface area (TPSA) is 70.5 Å². The molecule has 7 heteroatoms. The van der Waals surface area contributed by atoms with Gasteiger partial charge in [0, 0.05) is 44.1 Å². The summed E-state index contributed by atoms with van der Waals surface area (Å²) in [6.45, 7) is 10.5. The summed E-state index contributed by atoms with van der Waals surface area (Å²) in [5.41, 5.74) is -0.790. The molecule has 21 heavy (non-hydrogen) atoms. The molecular weight excluding hydrogens is 288 g/mol. The van der Waals surface area contributed by atoms with Gasteiger partial charge in [0.1, 0.15) is 5.82 Å². The summed E-state index contributed by atoms with van der Waals surface area (Å²) < 4.78 is 9.65. The largest absolute Gasteiger partial charge is 0.387 e. The summed E-state index contributed by atoms with van der Waals surface area (Å²) in [4.78, 5) is 6.68. The van der Waals surface area contributed by atoms with Gasteiger partial charge in [0.15, 0.2) is 0 Å². The molecule has 0 saturated carbocycles. The van der Waals surface area contributed by atoms with E-state index in [0.717, 1.165) is 43.7 Å². The van der Waals surface area contributed by atoms with E-state index in [4.69, 9.17) is 4.74 Å². The minimum atomic E-state index is -0.790. The summed E-state index contributed by atoms with van der Waals surface area (Å²) in [5, 5.41) is 14.5. The van der Waals surface area contributed by atoms with Crippen molar-refractivity contribution in [1.82, 2.24) is 14.3 Å². The number of aliphatic hydroxyl groups is 1. The molecule has 2 rings (SSSR count). The van der Waals surface area contributed by atoms with Crippen LogP contribution in [0.4, 0.5) is 5.13 Å². The minimum Gasteiger partial charge on any atom is -0.387 e. The number of nitrogens with one attached hydrogen (secondary N) is 1. The first-order chi connectivity index (χ1) is 9.94. The van der Waals surface area contributed by atoms with Crippen LogP contribution in [-0.4, -0.2) is 64.4 Å². The van der Waals surface area contributed by atoms with Crippen molar-refractivity contribution in [3.63, 3.8) is 0 Å². The highest BCUT2D eigenvalue weighted by atomic mass is 32.1. The Balaban J connectivity index is 1.78. The fourth-order valence-corrected chi connectivity index (χ4v) is 2.93. The molecule has 0 bridgehead atoms. The van der Waals surface area contributed by atoms with E-state index in [9.17, 15) is 5.11 Å². The summed E-state index contributed by atoms with van der Waals surface area (Å²) in [6, 6.07) is 0. The van der Waals surface area contributed by atoms with E-state index in [1.807, 2.05) is 6.92 Å². The van der Waals surface area contributed by atoms with Gasteiger partial charge in [-0.2, -0.15) is 4.37 Å². The Kier molecular flexibility index (Phi) is 5.92. The Bertz CT molecular complexity index is 430. The average Bonchev–Trinajstić information content (AvgIpc) is 2.84. The lowest BCUT2D eigenvalue weighted by Crippen LogP contribution is -2.49. The van der Waals surface area contributed by atoms with Crippen LogP contribution in [0.5, 0.6) is 0 Å². The SMILES string of the molecule is CC(C)Cc1nsc(NCC(C)(O)CN2CCOCC2)n1. The van der Waals surface area contributed by atoms with Gasteiger partial charge in [0.2, 0.25) is 5.13 Å². The molecule has 0 radical (unpaired) electrons. The van der Waals surface area contributed by atoms with Gasteiger partial charge < -0.3 is 15.2 Å². The second kappa shape index (κ2) is 7.49. The van der Waals surface area contributed by atoms with Crippen molar-refractivity contribution in [3.05, 3.63) is 5.82 Å². The average molecular weight is 314 g/mol. The zero-order valence-corrected chi connectivity index (χ0v) is 13.9. The second-order valence-corrected chi connectivity index (χ2v) is 7.10. The van der Waals surface area contributed by atoms with Crippen molar-refractivity contribution in [2.24, 2.45) is 5.92 Å². The monoisotopic (exact) mass is 314 g/mol. The van der Waals surface area contributed by atoms with E-state index in [2.05, 4.69) is 33.4 Å². The van der Waals surface area contributed by atoms with E-state index in [1.165, 1.54) is 11.5 Å².